The molecule has 0 radical (unpaired) electrons. The van der Waals surface area contributed by atoms with E-state index in [1.165, 1.54) is 11.8 Å². The minimum Gasteiger partial charge on any atom is -0.452 e. The first-order chi connectivity index (χ1) is 12.8. The summed E-state index contributed by atoms with van der Waals surface area (Å²) in [4.78, 5) is 38.8. The molecule has 1 aliphatic rings. The highest BCUT2D eigenvalue weighted by atomic mass is 16.5. The maximum Gasteiger partial charge on any atom is 0.316 e. The number of benzene rings is 2. The lowest BCUT2D eigenvalue weighted by Gasteiger charge is -2.32. The van der Waals surface area contributed by atoms with E-state index in [-0.39, 0.29) is 12.5 Å². The molecule has 0 spiro atoms. The molecule has 0 bridgehead atoms. The molecule has 1 aliphatic heterocycles. The van der Waals surface area contributed by atoms with Gasteiger partial charge in [-0.05, 0) is 38.5 Å². The number of hydrogen-bond acceptors (Lipinski definition) is 4. The molecule has 0 aliphatic carbocycles. The van der Waals surface area contributed by atoms with Crippen LogP contribution in [0.1, 0.15) is 26.3 Å². The van der Waals surface area contributed by atoms with Crippen molar-refractivity contribution < 1.29 is 19.1 Å². The fourth-order valence-electron chi connectivity index (χ4n) is 2.98. The van der Waals surface area contributed by atoms with Crippen LogP contribution in [0.3, 0.4) is 0 Å². The van der Waals surface area contributed by atoms with Gasteiger partial charge in [-0.3, -0.25) is 19.3 Å². The Balaban J connectivity index is 1.77. The zero-order chi connectivity index (χ0) is 19.6. The Bertz CT molecular complexity index is 877. The quantitative estimate of drug-likeness (QED) is 0.844. The van der Waals surface area contributed by atoms with E-state index in [4.69, 9.17) is 4.74 Å². The Morgan fingerprint density at radius 2 is 1.70 bits per heavy atom. The van der Waals surface area contributed by atoms with E-state index in [1.54, 1.807) is 38.1 Å². The molecule has 0 saturated heterocycles. The van der Waals surface area contributed by atoms with Crippen LogP contribution in [-0.2, 0) is 24.5 Å². The highest BCUT2D eigenvalue weighted by Gasteiger charge is 2.36. The minimum atomic E-state index is -1.01. The van der Waals surface area contributed by atoms with E-state index in [9.17, 15) is 14.4 Å². The van der Waals surface area contributed by atoms with Gasteiger partial charge in [-0.2, -0.15) is 0 Å². The molecular formula is C21H22N2O4. The number of rotatable bonds is 4. The minimum absolute atomic E-state index is 0.111. The average molecular weight is 366 g/mol. The van der Waals surface area contributed by atoms with Gasteiger partial charge in [0.1, 0.15) is 6.54 Å². The van der Waals surface area contributed by atoms with E-state index in [0.717, 1.165) is 5.56 Å². The van der Waals surface area contributed by atoms with Crippen LogP contribution in [0.15, 0.2) is 54.6 Å². The second kappa shape index (κ2) is 7.23. The first-order valence-corrected chi connectivity index (χ1v) is 8.77. The first-order valence-electron chi connectivity index (χ1n) is 8.77. The van der Waals surface area contributed by atoms with Crippen LogP contribution < -0.4 is 10.2 Å². The van der Waals surface area contributed by atoms with E-state index in [1.807, 2.05) is 30.3 Å². The van der Waals surface area contributed by atoms with Gasteiger partial charge in [0.25, 0.3) is 5.91 Å². The lowest BCUT2D eigenvalue weighted by Crippen LogP contribution is -2.48. The van der Waals surface area contributed by atoms with Gasteiger partial charge < -0.3 is 10.1 Å². The number of para-hydroxylation sites is 2. The van der Waals surface area contributed by atoms with Crippen molar-refractivity contribution in [1.29, 1.82) is 0 Å². The molecule has 1 N–H and O–H groups in total. The number of nitrogens with one attached hydrogen (secondary N) is 1. The van der Waals surface area contributed by atoms with Crippen LogP contribution in [-0.4, -0.2) is 30.4 Å². The molecule has 6 nitrogen and oxygen atoms in total. The Morgan fingerprint density at radius 1 is 1.07 bits per heavy atom. The largest absolute Gasteiger partial charge is 0.452 e. The zero-order valence-corrected chi connectivity index (χ0v) is 15.6. The van der Waals surface area contributed by atoms with Crippen LogP contribution in [0.2, 0.25) is 0 Å². The average Bonchev–Trinajstić information content (AvgIpc) is 2.67. The summed E-state index contributed by atoms with van der Waals surface area (Å²) in [5, 5.41) is 2.73. The molecule has 1 atom stereocenters. The summed E-state index contributed by atoms with van der Waals surface area (Å²) < 4.78 is 5.47. The van der Waals surface area contributed by atoms with Crippen LogP contribution in [0.25, 0.3) is 0 Å². The SMILES string of the molecule is C[C@@H](OC(=O)C(C)(C)c1ccccc1)C(=O)N1CC(=O)Nc2ccccc21. The zero-order valence-electron chi connectivity index (χ0n) is 15.6. The smallest absolute Gasteiger partial charge is 0.316 e. The summed E-state index contributed by atoms with van der Waals surface area (Å²) in [6.45, 7) is 4.92. The third kappa shape index (κ3) is 3.69. The van der Waals surface area contributed by atoms with E-state index in [2.05, 4.69) is 5.32 Å². The van der Waals surface area contributed by atoms with Crippen molar-refractivity contribution in [2.24, 2.45) is 0 Å². The molecule has 0 aromatic heterocycles. The van der Waals surface area contributed by atoms with Gasteiger partial charge in [-0.25, -0.2) is 0 Å². The first kappa shape index (κ1) is 18.6. The Morgan fingerprint density at radius 3 is 2.41 bits per heavy atom. The van der Waals surface area contributed by atoms with E-state index < -0.39 is 23.4 Å². The van der Waals surface area contributed by atoms with Crippen LogP contribution >= 0.6 is 0 Å². The van der Waals surface area contributed by atoms with Crippen molar-refractivity contribution in [3.8, 4) is 0 Å². The number of nitrogens with zero attached hydrogens (tertiary/aromatic N) is 1. The van der Waals surface area contributed by atoms with Crippen molar-refractivity contribution in [2.75, 3.05) is 16.8 Å². The fourth-order valence-corrected chi connectivity index (χ4v) is 2.98. The lowest BCUT2D eigenvalue weighted by molar-refractivity contribution is -0.158. The van der Waals surface area contributed by atoms with Gasteiger partial charge in [0, 0.05) is 0 Å². The predicted octanol–water partition coefficient (Wildman–Crippen LogP) is 2.88. The van der Waals surface area contributed by atoms with Crippen LogP contribution in [0, 0.1) is 0 Å². The molecule has 3 rings (SSSR count). The Kier molecular flexibility index (Phi) is 4.99. The molecule has 0 fully saturated rings. The second-order valence-electron chi connectivity index (χ2n) is 7.03. The van der Waals surface area contributed by atoms with Gasteiger partial charge in [0.15, 0.2) is 6.10 Å². The molecule has 27 heavy (non-hydrogen) atoms. The number of amides is 2. The predicted molar refractivity (Wildman–Crippen MR) is 102 cm³/mol. The molecule has 0 saturated carbocycles. The maximum atomic E-state index is 12.9. The standard InChI is InChI=1S/C21H22N2O4/c1-14(27-20(26)21(2,3)15-9-5-4-6-10-15)19(25)23-13-18(24)22-16-11-7-8-12-17(16)23/h4-12,14H,13H2,1-3H3,(H,22,24)/t14-/m1/s1. The molecular weight excluding hydrogens is 344 g/mol. The molecule has 2 amide bonds. The summed E-state index contributed by atoms with van der Waals surface area (Å²) in [6.07, 6.45) is -1.01. The van der Waals surface area contributed by atoms with Crippen molar-refractivity contribution >= 4 is 29.2 Å². The van der Waals surface area contributed by atoms with Gasteiger partial charge in [0.05, 0.1) is 16.8 Å². The second-order valence-corrected chi connectivity index (χ2v) is 7.03. The van der Waals surface area contributed by atoms with Crippen molar-refractivity contribution in [2.45, 2.75) is 32.3 Å². The van der Waals surface area contributed by atoms with Crippen molar-refractivity contribution in [1.82, 2.24) is 0 Å². The number of fused-ring (bicyclic) bond motifs is 1. The summed E-state index contributed by atoms with van der Waals surface area (Å²) in [7, 11) is 0. The van der Waals surface area contributed by atoms with Crippen molar-refractivity contribution in [3.63, 3.8) is 0 Å². The Hall–Kier alpha value is -3.15. The number of ether oxygens (including phenoxy) is 1. The summed E-state index contributed by atoms with van der Waals surface area (Å²) in [5.41, 5.74) is 1.06. The van der Waals surface area contributed by atoms with E-state index in [0.29, 0.717) is 11.4 Å². The van der Waals surface area contributed by atoms with Crippen LogP contribution in [0.4, 0.5) is 11.4 Å². The summed E-state index contributed by atoms with van der Waals surface area (Å²) >= 11 is 0. The molecule has 140 valence electrons. The van der Waals surface area contributed by atoms with Crippen LogP contribution in [0.5, 0.6) is 0 Å². The third-order valence-electron chi connectivity index (χ3n) is 4.67. The third-order valence-corrected chi connectivity index (χ3v) is 4.67. The fraction of sp³-hybridized carbons (Fsp3) is 0.286. The Labute approximate surface area is 158 Å². The highest BCUT2D eigenvalue weighted by Crippen LogP contribution is 2.30. The van der Waals surface area contributed by atoms with E-state index >= 15 is 0 Å². The lowest BCUT2D eigenvalue weighted by atomic mass is 9.85. The summed E-state index contributed by atoms with van der Waals surface area (Å²) in [6, 6.07) is 16.3. The normalized spacial score (nSPS) is 14.8. The molecule has 6 heteroatoms. The monoisotopic (exact) mass is 366 g/mol. The van der Waals surface area contributed by atoms with Gasteiger partial charge >= 0.3 is 5.97 Å². The van der Waals surface area contributed by atoms with Gasteiger partial charge in [-0.1, -0.05) is 42.5 Å². The molecule has 0 unspecified atom stereocenters. The topological polar surface area (TPSA) is 75.7 Å². The van der Waals surface area contributed by atoms with Gasteiger partial charge in [-0.15, -0.1) is 0 Å². The molecule has 2 aromatic carbocycles. The molecule has 1 heterocycles. The highest BCUT2D eigenvalue weighted by molar-refractivity contribution is 6.11. The van der Waals surface area contributed by atoms with Gasteiger partial charge in [0.2, 0.25) is 5.91 Å². The number of anilines is 2. The number of carbonyl (C=O) groups excluding carboxylic acids is 3. The number of carbonyl (C=O) groups is 3. The molecule has 2 aromatic rings. The number of esters is 1. The number of hydrogen-bond donors (Lipinski definition) is 1. The van der Waals surface area contributed by atoms with Crippen molar-refractivity contribution in [3.05, 3.63) is 60.2 Å². The summed E-state index contributed by atoms with van der Waals surface area (Å²) in [5.74, 6) is -1.22. The maximum absolute atomic E-state index is 12.9.